The lowest BCUT2D eigenvalue weighted by Gasteiger charge is -2.24. The normalized spacial score (nSPS) is 19.3. The van der Waals surface area contributed by atoms with Crippen LogP contribution >= 0.6 is 35.0 Å². The Balaban J connectivity index is 1.60. The Hall–Kier alpha value is -1.01. The second kappa shape index (κ2) is 8.56. The lowest BCUT2D eigenvalue weighted by atomic mass is 9.97. The van der Waals surface area contributed by atoms with Crippen LogP contribution in [-0.2, 0) is 29.9 Å². The van der Waals surface area contributed by atoms with E-state index >= 15 is 0 Å². The van der Waals surface area contributed by atoms with Gasteiger partial charge in [0.1, 0.15) is 5.03 Å². The van der Waals surface area contributed by atoms with Gasteiger partial charge in [0, 0.05) is 23.6 Å². The van der Waals surface area contributed by atoms with Crippen molar-refractivity contribution in [2.45, 2.75) is 62.0 Å². The molecular formula is C20H22Cl2N2O2S. The quantitative estimate of drug-likeness (QED) is 0.505. The van der Waals surface area contributed by atoms with Crippen LogP contribution in [0.5, 0.6) is 0 Å². The third-order valence-electron chi connectivity index (χ3n) is 5.22. The average Bonchev–Trinajstić information content (AvgIpc) is 3.18. The largest absolute Gasteiger partial charge is 0.376 e. The molecule has 0 spiro atoms. The maximum Gasteiger partial charge on any atom is 0.348 e. The number of halogens is 2. The number of nitrogens with zero attached hydrogens (tertiary/aromatic N) is 2. The van der Waals surface area contributed by atoms with Crippen LogP contribution in [0.3, 0.4) is 0 Å². The maximum absolute atomic E-state index is 12.8. The lowest BCUT2D eigenvalue weighted by Crippen LogP contribution is -2.33. The summed E-state index contributed by atoms with van der Waals surface area (Å²) in [5, 5.41) is 1.97. The number of thioether (sulfide) groups is 1. The number of hydrogen-bond donors (Lipinski definition) is 0. The van der Waals surface area contributed by atoms with E-state index in [-0.39, 0.29) is 11.8 Å². The molecule has 0 amide bonds. The van der Waals surface area contributed by atoms with Crippen molar-refractivity contribution >= 4 is 35.0 Å². The minimum atomic E-state index is -0.150. The molecule has 4 nitrogen and oxygen atoms in total. The molecule has 2 aromatic rings. The number of rotatable bonds is 5. The Morgan fingerprint density at radius 1 is 1.19 bits per heavy atom. The molecule has 1 aliphatic heterocycles. The van der Waals surface area contributed by atoms with Crippen LogP contribution in [0.25, 0.3) is 0 Å². The number of benzene rings is 1. The summed E-state index contributed by atoms with van der Waals surface area (Å²) < 4.78 is 7.61. The zero-order valence-corrected chi connectivity index (χ0v) is 17.4. The standard InChI is InChI=1S/C20H22Cl2N2O2S/c21-16-8-7-13(10-17(16)22)12-27-19-15-5-1-2-6-18(15)24(20(25)23-19)11-14-4-3-9-26-14/h7-8,10,14H,1-6,9,11-12H2. The topological polar surface area (TPSA) is 44.1 Å². The lowest BCUT2D eigenvalue weighted by molar-refractivity contribution is 0.0947. The average molecular weight is 425 g/mol. The number of aromatic nitrogens is 2. The summed E-state index contributed by atoms with van der Waals surface area (Å²) in [6, 6.07) is 5.65. The molecule has 2 aliphatic rings. The van der Waals surface area contributed by atoms with E-state index in [2.05, 4.69) is 4.98 Å². The van der Waals surface area contributed by atoms with Crippen molar-refractivity contribution in [2.75, 3.05) is 6.61 Å². The third-order valence-corrected chi connectivity index (χ3v) is 7.05. The molecule has 0 bridgehead atoms. The molecule has 27 heavy (non-hydrogen) atoms. The first-order chi connectivity index (χ1) is 13.1. The monoisotopic (exact) mass is 424 g/mol. The summed E-state index contributed by atoms with van der Waals surface area (Å²) >= 11 is 13.7. The molecule has 144 valence electrons. The van der Waals surface area contributed by atoms with Crippen molar-refractivity contribution in [1.82, 2.24) is 9.55 Å². The van der Waals surface area contributed by atoms with Gasteiger partial charge in [0.15, 0.2) is 0 Å². The van der Waals surface area contributed by atoms with Crippen LogP contribution < -0.4 is 5.69 Å². The summed E-state index contributed by atoms with van der Waals surface area (Å²) in [6.07, 6.45) is 6.44. The second-order valence-corrected chi connectivity index (χ2v) is 8.89. The van der Waals surface area contributed by atoms with Crippen molar-refractivity contribution in [3.8, 4) is 0 Å². The van der Waals surface area contributed by atoms with Gasteiger partial charge >= 0.3 is 5.69 Å². The second-order valence-electron chi connectivity index (χ2n) is 7.11. The highest BCUT2D eigenvalue weighted by Gasteiger charge is 2.24. The van der Waals surface area contributed by atoms with E-state index in [4.69, 9.17) is 27.9 Å². The molecule has 7 heteroatoms. The first kappa shape index (κ1) is 19.3. The Kier molecular flexibility index (Phi) is 6.12. The molecule has 0 radical (unpaired) electrons. The smallest absolute Gasteiger partial charge is 0.348 e. The number of hydrogen-bond acceptors (Lipinski definition) is 4. The fourth-order valence-corrected chi connectivity index (χ4v) is 5.17. The molecule has 0 N–H and O–H groups in total. The van der Waals surface area contributed by atoms with Gasteiger partial charge in [-0.2, -0.15) is 4.98 Å². The van der Waals surface area contributed by atoms with Crippen LogP contribution in [0.2, 0.25) is 10.0 Å². The summed E-state index contributed by atoms with van der Waals surface area (Å²) in [7, 11) is 0. The van der Waals surface area contributed by atoms with Crippen molar-refractivity contribution < 1.29 is 4.74 Å². The van der Waals surface area contributed by atoms with E-state index in [0.29, 0.717) is 22.3 Å². The van der Waals surface area contributed by atoms with Gasteiger partial charge in [-0.15, -0.1) is 11.8 Å². The van der Waals surface area contributed by atoms with Crippen LogP contribution in [0.1, 0.15) is 42.5 Å². The van der Waals surface area contributed by atoms with E-state index in [0.717, 1.165) is 61.4 Å². The minimum absolute atomic E-state index is 0.144. The van der Waals surface area contributed by atoms with Crippen LogP contribution in [-0.4, -0.2) is 22.3 Å². The molecule has 1 aliphatic carbocycles. The highest BCUT2D eigenvalue weighted by atomic mass is 35.5. The van der Waals surface area contributed by atoms with Crippen molar-refractivity contribution in [3.05, 3.63) is 55.5 Å². The summed E-state index contributed by atoms with van der Waals surface area (Å²) in [6.45, 7) is 1.43. The molecule has 4 rings (SSSR count). The van der Waals surface area contributed by atoms with Gasteiger partial charge in [-0.1, -0.05) is 29.3 Å². The summed E-state index contributed by atoms with van der Waals surface area (Å²) in [5.74, 6) is 0.714. The van der Waals surface area contributed by atoms with Crippen LogP contribution in [0.15, 0.2) is 28.0 Å². The van der Waals surface area contributed by atoms with E-state index in [1.165, 1.54) is 5.56 Å². The van der Waals surface area contributed by atoms with Gasteiger partial charge in [-0.05, 0) is 56.2 Å². The highest BCUT2D eigenvalue weighted by molar-refractivity contribution is 7.98. The fraction of sp³-hybridized carbons (Fsp3) is 0.500. The van der Waals surface area contributed by atoms with Crippen molar-refractivity contribution in [2.24, 2.45) is 0 Å². The van der Waals surface area contributed by atoms with Crippen LogP contribution in [0, 0.1) is 0 Å². The van der Waals surface area contributed by atoms with Crippen LogP contribution in [0.4, 0.5) is 0 Å². The molecule has 1 atom stereocenters. The highest BCUT2D eigenvalue weighted by Crippen LogP contribution is 2.32. The molecule has 1 unspecified atom stereocenters. The Bertz CT molecular complexity index is 894. The molecule has 1 aromatic carbocycles. The first-order valence-electron chi connectivity index (χ1n) is 9.43. The van der Waals surface area contributed by atoms with Crippen molar-refractivity contribution in [1.29, 1.82) is 0 Å². The van der Waals surface area contributed by atoms with Gasteiger partial charge in [-0.25, -0.2) is 4.79 Å². The fourth-order valence-electron chi connectivity index (χ4n) is 3.83. The van der Waals surface area contributed by atoms with E-state index in [1.54, 1.807) is 11.8 Å². The van der Waals surface area contributed by atoms with Gasteiger partial charge in [0.2, 0.25) is 0 Å². The first-order valence-corrected chi connectivity index (χ1v) is 11.2. The van der Waals surface area contributed by atoms with E-state index < -0.39 is 0 Å². The predicted molar refractivity (Wildman–Crippen MR) is 110 cm³/mol. The minimum Gasteiger partial charge on any atom is -0.376 e. The molecular weight excluding hydrogens is 403 g/mol. The Morgan fingerprint density at radius 2 is 2.04 bits per heavy atom. The third kappa shape index (κ3) is 4.37. The molecule has 2 heterocycles. The Labute approximate surface area is 173 Å². The molecule has 1 aromatic heterocycles. The molecule has 0 saturated carbocycles. The van der Waals surface area contributed by atoms with Gasteiger partial charge in [0.25, 0.3) is 0 Å². The zero-order chi connectivity index (χ0) is 18.8. The predicted octanol–water partition coefficient (Wildman–Crippen LogP) is 4.90. The van der Waals surface area contributed by atoms with E-state index in [9.17, 15) is 4.79 Å². The maximum atomic E-state index is 12.8. The molecule has 1 fully saturated rings. The Morgan fingerprint density at radius 3 is 2.81 bits per heavy atom. The van der Waals surface area contributed by atoms with E-state index in [1.807, 2.05) is 22.8 Å². The van der Waals surface area contributed by atoms with Crippen molar-refractivity contribution in [3.63, 3.8) is 0 Å². The van der Waals surface area contributed by atoms with Gasteiger partial charge in [-0.3, -0.25) is 4.57 Å². The number of fused-ring (bicyclic) bond motifs is 1. The molecule has 1 saturated heterocycles. The number of ether oxygens (including phenoxy) is 1. The SMILES string of the molecule is O=c1nc(SCc2ccc(Cl)c(Cl)c2)c2c(n1CC1CCCO1)CCCC2. The summed E-state index contributed by atoms with van der Waals surface area (Å²) in [5.41, 5.74) is 3.32. The zero-order valence-electron chi connectivity index (χ0n) is 15.0. The summed E-state index contributed by atoms with van der Waals surface area (Å²) in [4.78, 5) is 17.2. The van der Waals surface area contributed by atoms with Gasteiger partial charge in [0.05, 0.1) is 22.7 Å². The van der Waals surface area contributed by atoms with Gasteiger partial charge < -0.3 is 4.74 Å².